The lowest BCUT2D eigenvalue weighted by atomic mass is 10.0. The molecule has 2 N–H and O–H groups in total. The molecule has 21 heavy (non-hydrogen) atoms. The van der Waals surface area contributed by atoms with E-state index >= 15 is 0 Å². The zero-order chi connectivity index (χ0) is 15.2. The van der Waals surface area contributed by atoms with Crippen LogP contribution in [-0.2, 0) is 13.0 Å². The van der Waals surface area contributed by atoms with Gasteiger partial charge in [-0.3, -0.25) is 0 Å². The van der Waals surface area contributed by atoms with Gasteiger partial charge in [0.25, 0.3) is 0 Å². The average Bonchev–Trinajstić information content (AvgIpc) is 2.47. The highest BCUT2D eigenvalue weighted by Crippen LogP contribution is 2.25. The van der Waals surface area contributed by atoms with Crippen molar-refractivity contribution in [2.45, 2.75) is 32.4 Å². The normalized spacial score (nSPS) is 12.2. The van der Waals surface area contributed by atoms with Crippen LogP contribution in [0.3, 0.4) is 0 Å². The maximum Gasteiger partial charge on any atom is 0.191 e. The van der Waals surface area contributed by atoms with Crippen LogP contribution >= 0.6 is 0 Å². The van der Waals surface area contributed by atoms with Crippen molar-refractivity contribution in [2.75, 3.05) is 0 Å². The Hall–Kier alpha value is -1.94. The van der Waals surface area contributed by atoms with E-state index in [-0.39, 0.29) is 18.4 Å². The van der Waals surface area contributed by atoms with Crippen LogP contribution in [0, 0.1) is 11.6 Å². The van der Waals surface area contributed by atoms with E-state index in [0.29, 0.717) is 12.0 Å². The molecule has 0 aliphatic rings. The molecule has 0 heterocycles. The summed E-state index contributed by atoms with van der Waals surface area (Å²) < 4.78 is 33.2. The zero-order valence-corrected chi connectivity index (χ0v) is 12.0. The summed E-state index contributed by atoms with van der Waals surface area (Å²) in [5.41, 5.74) is 7.20. The summed E-state index contributed by atoms with van der Waals surface area (Å²) in [7, 11) is 0. The summed E-state index contributed by atoms with van der Waals surface area (Å²) in [4.78, 5) is 0. The molecule has 1 atom stereocenters. The van der Waals surface area contributed by atoms with E-state index in [4.69, 9.17) is 10.5 Å². The summed E-state index contributed by atoms with van der Waals surface area (Å²) in [5, 5.41) is 0. The van der Waals surface area contributed by atoms with E-state index in [1.54, 1.807) is 0 Å². The SMILES string of the molecule is CCC(N)Cc1cc(F)c(OCc2ccccc2)c(F)c1. The van der Waals surface area contributed by atoms with Gasteiger partial charge in [-0.05, 0) is 36.1 Å². The van der Waals surface area contributed by atoms with Gasteiger partial charge >= 0.3 is 0 Å². The van der Waals surface area contributed by atoms with Gasteiger partial charge in [0, 0.05) is 6.04 Å². The fraction of sp³-hybridized carbons (Fsp3) is 0.294. The summed E-state index contributed by atoms with van der Waals surface area (Å²) in [6.45, 7) is 2.07. The van der Waals surface area contributed by atoms with E-state index in [1.807, 2.05) is 37.3 Å². The summed E-state index contributed by atoms with van der Waals surface area (Å²) >= 11 is 0. The van der Waals surface area contributed by atoms with Crippen molar-refractivity contribution < 1.29 is 13.5 Å². The maximum atomic E-state index is 14.0. The highest BCUT2D eigenvalue weighted by atomic mass is 19.1. The number of hydrogen-bond acceptors (Lipinski definition) is 2. The smallest absolute Gasteiger partial charge is 0.191 e. The Balaban J connectivity index is 2.10. The molecule has 0 saturated heterocycles. The van der Waals surface area contributed by atoms with E-state index in [2.05, 4.69) is 0 Å². The molecule has 4 heteroatoms. The molecule has 0 radical (unpaired) electrons. The third-order valence-electron chi connectivity index (χ3n) is 3.31. The molecule has 0 aliphatic carbocycles. The number of hydrogen-bond donors (Lipinski definition) is 1. The second-order valence-corrected chi connectivity index (χ2v) is 5.04. The Labute approximate surface area is 123 Å². The van der Waals surface area contributed by atoms with Crippen LogP contribution < -0.4 is 10.5 Å². The topological polar surface area (TPSA) is 35.2 Å². The van der Waals surface area contributed by atoms with Gasteiger partial charge in [0.05, 0.1) is 0 Å². The first-order valence-corrected chi connectivity index (χ1v) is 7.00. The van der Waals surface area contributed by atoms with E-state index in [1.165, 1.54) is 12.1 Å². The predicted octanol–water partition coefficient (Wildman–Crippen LogP) is 3.82. The molecule has 2 aromatic rings. The third-order valence-corrected chi connectivity index (χ3v) is 3.31. The van der Waals surface area contributed by atoms with E-state index in [9.17, 15) is 8.78 Å². The number of rotatable bonds is 6. The van der Waals surface area contributed by atoms with Gasteiger partial charge in [0.15, 0.2) is 17.4 Å². The van der Waals surface area contributed by atoms with Crippen molar-refractivity contribution in [3.8, 4) is 5.75 Å². The van der Waals surface area contributed by atoms with Crippen molar-refractivity contribution in [1.82, 2.24) is 0 Å². The average molecular weight is 291 g/mol. The molecule has 112 valence electrons. The summed E-state index contributed by atoms with van der Waals surface area (Å²) in [6, 6.07) is 11.7. The second-order valence-electron chi connectivity index (χ2n) is 5.04. The van der Waals surface area contributed by atoms with Gasteiger partial charge < -0.3 is 10.5 Å². The standard InChI is InChI=1S/C17H19F2NO/c1-2-14(20)8-13-9-15(18)17(16(19)10-13)21-11-12-6-4-3-5-7-12/h3-7,9-10,14H,2,8,11,20H2,1H3. The lowest BCUT2D eigenvalue weighted by molar-refractivity contribution is 0.273. The van der Waals surface area contributed by atoms with Crippen LogP contribution in [0.2, 0.25) is 0 Å². The molecule has 2 aromatic carbocycles. The van der Waals surface area contributed by atoms with Gasteiger partial charge in [-0.1, -0.05) is 37.3 Å². The molecular weight excluding hydrogens is 272 g/mol. The Morgan fingerprint density at radius 2 is 1.67 bits per heavy atom. The summed E-state index contributed by atoms with van der Waals surface area (Å²) in [6.07, 6.45) is 1.21. The Kier molecular flexibility index (Phi) is 5.28. The van der Waals surface area contributed by atoms with Gasteiger partial charge in [-0.25, -0.2) is 8.78 Å². The van der Waals surface area contributed by atoms with Crippen molar-refractivity contribution in [1.29, 1.82) is 0 Å². The molecule has 0 bridgehead atoms. The minimum absolute atomic E-state index is 0.0973. The van der Waals surface area contributed by atoms with Crippen LogP contribution in [0.15, 0.2) is 42.5 Å². The third kappa shape index (κ3) is 4.26. The van der Waals surface area contributed by atoms with Crippen LogP contribution in [0.4, 0.5) is 8.78 Å². The number of nitrogens with two attached hydrogens (primary N) is 1. The lowest BCUT2D eigenvalue weighted by Gasteiger charge is -2.12. The minimum Gasteiger partial charge on any atom is -0.483 e. The largest absolute Gasteiger partial charge is 0.483 e. The lowest BCUT2D eigenvalue weighted by Crippen LogP contribution is -2.21. The fourth-order valence-corrected chi connectivity index (χ4v) is 2.04. The second kappa shape index (κ2) is 7.18. The monoisotopic (exact) mass is 291 g/mol. The molecule has 2 nitrogen and oxygen atoms in total. The van der Waals surface area contributed by atoms with Crippen molar-refractivity contribution in [3.63, 3.8) is 0 Å². The molecule has 0 spiro atoms. The molecule has 0 amide bonds. The molecular formula is C17H19F2NO. The van der Waals surface area contributed by atoms with Crippen LogP contribution in [-0.4, -0.2) is 6.04 Å². The van der Waals surface area contributed by atoms with Gasteiger partial charge in [0.1, 0.15) is 6.61 Å². The zero-order valence-electron chi connectivity index (χ0n) is 12.0. The highest BCUT2D eigenvalue weighted by Gasteiger charge is 2.14. The fourth-order valence-electron chi connectivity index (χ4n) is 2.04. The first kappa shape index (κ1) is 15.4. The molecule has 2 rings (SSSR count). The first-order chi connectivity index (χ1) is 10.1. The summed E-state index contributed by atoms with van der Waals surface area (Å²) in [5.74, 6) is -1.72. The van der Waals surface area contributed by atoms with Crippen molar-refractivity contribution >= 4 is 0 Å². The molecule has 0 saturated carbocycles. The number of ether oxygens (including phenoxy) is 1. The number of halogens is 2. The molecule has 1 unspecified atom stereocenters. The number of benzene rings is 2. The molecule has 0 fully saturated rings. The molecule has 0 aromatic heterocycles. The van der Waals surface area contributed by atoms with Crippen LogP contribution in [0.5, 0.6) is 5.75 Å². The molecule has 0 aliphatic heterocycles. The Morgan fingerprint density at radius 3 is 2.24 bits per heavy atom. The van der Waals surface area contributed by atoms with Crippen LogP contribution in [0.1, 0.15) is 24.5 Å². The highest BCUT2D eigenvalue weighted by molar-refractivity contribution is 5.32. The quantitative estimate of drug-likeness (QED) is 0.878. The predicted molar refractivity (Wildman–Crippen MR) is 79.1 cm³/mol. The van der Waals surface area contributed by atoms with Gasteiger partial charge in [0.2, 0.25) is 0 Å². The minimum atomic E-state index is -0.691. The van der Waals surface area contributed by atoms with Gasteiger partial charge in [-0.2, -0.15) is 0 Å². The maximum absolute atomic E-state index is 14.0. The van der Waals surface area contributed by atoms with Crippen molar-refractivity contribution in [2.24, 2.45) is 5.73 Å². The van der Waals surface area contributed by atoms with Gasteiger partial charge in [-0.15, -0.1) is 0 Å². The first-order valence-electron chi connectivity index (χ1n) is 7.00. The van der Waals surface area contributed by atoms with Crippen LogP contribution in [0.25, 0.3) is 0 Å². The van der Waals surface area contributed by atoms with E-state index < -0.39 is 11.6 Å². The Bertz CT molecular complexity index is 564. The van der Waals surface area contributed by atoms with E-state index in [0.717, 1.165) is 12.0 Å². The Morgan fingerprint density at radius 1 is 1.05 bits per heavy atom. The van der Waals surface area contributed by atoms with Crippen molar-refractivity contribution in [3.05, 3.63) is 65.2 Å².